The third-order valence-electron chi connectivity index (χ3n) is 2.37. The molecular formula is C12H15N5O. The van der Waals surface area contributed by atoms with Crippen LogP contribution < -0.4 is 11.1 Å². The predicted octanol–water partition coefficient (Wildman–Crippen LogP) is 0.915. The van der Waals surface area contributed by atoms with Crippen LogP contribution in [0, 0.1) is 0 Å². The number of hydrogen-bond donors (Lipinski definition) is 3. The standard InChI is InChI=1S/C12H15N5O/c13-12-16-6-3-10(17-12)9-2-5-15-11(8-9)14-4-1-7-18/h2-3,5-6,8,18H,1,4,7H2,(H,14,15)(H2,13,16,17). The molecule has 0 aliphatic carbocycles. The van der Waals surface area contributed by atoms with Crippen molar-refractivity contribution in [2.24, 2.45) is 0 Å². The molecule has 0 bridgehead atoms. The van der Waals surface area contributed by atoms with Crippen LogP contribution in [0.15, 0.2) is 30.6 Å². The molecule has 0 amide bonds. The molecule has 2 heterocycles. The van der Waals surface area contributed by atoms with Gasteiger partial charge in [-0.2, -0.15) is 0 Å². The monoisotopic (exact) mass is 245 g/mol. The number of nitrogen functional groups attached to an aromatic ring is 1. The van der Waals surface area contributed by atoms with Gasteiger partial charge in [-0.05, 0) is 24.6 Å². The molecule has 0 saturated heterocycles. The zero-order valence-electron chi connectivity index (χ0n) is 9.87. The Bertz CT molecular complexity index is 517. The van der Waals surface area contributed by atoms with Crippen molar-refractivity contribution in [3.63, 3.8) is 0 Å². The molecule has 0 radical (unpaired) electrons. The van der Waals surface area contributed by atoms with Crippen molar-refractivity contribution in [2.45, 2.75) is 6.42 Å². The number of aromatic nitrogens is 3. The molecule has 18 heavy (non-hydrogen) atoms. The summed E-state index contributed by atoms with van der Waals surface area (Å²) >= 11 is 0. The van der Waals surface area contributed by atoms with Crippen molar-refractivity contribution < 1.29 is 5.11 Å². The van der Waals surface area contributed by atoms with Crippen LogP contribution in [-0.2, 0) is 0 Å². The van der Waals surface area contributed by atoms with E-state index in [-0.39, 0.29) is 12.6 Å². The van der Waals surface area contributed by atoms with Gasteiger partial charge in [-0.15, -0.1) is 0 Å². The number of nitrogens with two attached hydrogens (primary N) is 1. The van der Waals surface area contributed by atoms with Crippen LogP contribution in [0.4, 0.5) is 11.8 Å². The molecule has 0 atom stereocenters. The Balaban J connectivity index is 2.16. The molecule has 0 aromatic carbocycles. The molecule has 0 unspecified atom stereocenters. The number of aliphatic hydroxyl groups is 1. The fourth-order valence-corrected chi connectivity index (χ4v) is 1.52. The molecule has 0 fully saturated rings. The van der Waals surface area contributed by atoms with Gasteiger partial charge in [0, 0.05) is 31.1 Å². The molecule has 0 spiro atoms. The average Bonchev–Trinajstić information content (AvgIpc) is 2.39. The first-order valence-corrected chi connectivity index (χ1v) is 5.69. The Morgan fingerprint density at radius 2 is 2.06 bits per heavy atom. The van der Waals surface area contributed by atoms with Crippen LogP contribution >= 0.6 is 0 Å². The van der Waals surface area contributed by atoms with Gasteiger partial charge in [0.2, 0.25) is 5.95 Å². The second kappa shape index (κ2) is 5.92. The molecule has 2 aromatic heterocycles. The molecule has 4 N–H and O–H groups in total. The van der Waals surface area contributed by atoms with Gasteiger partial charge in [0.05, 0.1) is 5.69 Å². The van der Waals surface area contributed by atoms with Crippen molar-refractivity contribution in [1.29, 1.82) is 0 Å². The van der Waals surface area contributed by atoms with Gasteiger partial charge in [-0.25, -0.2) is 15.0 Å². The van der Waals surface area contributed by atoms with Crippen LogP contribution in [0.5, 0.6) is 0 Å². The summed E-state index contributed by atoms with van der Waals surface area (Å²) < 4.78 is 0. The van der Waals surface area contributed by atoms with Gasteiger partial charge in [-0.3, -0.25) is 0 Å². The van der Waals surface area contributed by atoms with E-state index in [1.54, 1.807) is 18.5 Å². The largest absolute Gasteiger partial charge is 0.396 e. The summed E-state index contributed by atoms with van der Waals surface area (Å²) in [7, 11) is 0. The zero-order chi connectivity index (χ0) is 12.8. The van der Waals surface area contributed by atoms with E-state index in [0.29, 0.717) is 13.0 Å². The SMILES string of the molecule is Nc1nccc(-c2ccnc(NCCCO)c2)n1. The number of aliphatic hydroxyl groups excluding tert-OH is 1. The summed E-state index contributed by atoms with van der Waals surface area (Å²) in [6.07, 6.45) is 4.01. The highest BCUT2D eigenvalue weighted by Crippen LogP contribution is 2.19. The van der Waals surface area contributed by atoms with E-state index in [1.807, 2.05) is 12.1 Å². The second-order valence-electron chi connectivity index (χ2n) is 3.73. The molecule has 6 nitrogen and oxygen atoms in total. The smallest absolute Gasteiger partial charge is 0.220 e. The van der Waals surface area contributed by atoms with Gasteiger partial charge >= 0.3 is 0 Å². The first-order chi connectivity index (χ1) is 8.79. The Hall–Kier alpha value is -2.21. The summed E-state index contributed by atoms with van der Waals surface area (Å²) in [4.78, 5) is 12.2. The van der Waals surface area contributed by atoms with Gasteiger partial charge < -0.3 is 16.2 Å². The quantitative estimate of drug-likeness (QED) is 0.678. The molecule has 2 aromatic rings. The lowest BCUT2D eigenvalue weighted by molar-refractivity contribution is 0.292. The highest BCUT2D eigenvalue weighted by molar-refractivity contribution is 5.63. The average molecular weight is 245 g/mol. The van der Waals surface area contributed by atoms with Crippen molar-refractivity contribution in [3.8, 4) is 11.3 Å². The Labute approximate surface area is 105 Å². The normalized spacial score (nSPS) is 10.3. The predicted molar refractivity (Wildman–Crippen MR) is 69.9 cm³/mol. The highest BCUT2D eigenvalue weighted by Gasteiger charge is 2.02. The maximum Gasteiger partial charge on any atom is 0.220 e. The van der Waals surface area contributed by atoms with E-state index in [4.69, 9.17) is 10.8 Å². The Morgan fingerprint density at radius 3 is 2.83 bits per heavy atom. The fraction of sp³-hybridized carbons (Fsp3) is 0.250. The minimum atomic E-state index is 0.162. The fourth-order valence-electron chi connectivity index (χ4n) is 1.52. The van der Waals surface area contributed by atoms with Crippen molar-refractivity contribution >= 4 is 11.8 Å². The minimum Gasteiger partial charge on any atom is -0.396 e. The summed E-state index contributed by atoms with van der Waals surface area (Å²) in [5.41, 5.74) is 7.23. The van der Waals surface area contributed by atoms with Gasteiger partial charge in [-0.1, -0.05) is 0 Å². The number of nitrogens with zero attached hydrogens (tertiary/aromatic N) is 3. The molecule has 0 saturated carbocycles. The number of hydrogen-bond acceptors (Lipinski definition) is 6. The van der Waals surface area contributed by atoms with Crippen LogP contribution in [-0.4, -0.2) is 33.2 Å². The zero-order valence-corrected chi connectivity index (χ0v) is 9.87. The third-order valence-corrected chi connectivity index (χ3v) is 2.37. The van der Waals surface area contributed by atoms with Gasteiger partial charge in [0.1, 0.15) is 5.82 Å². The number of anilines is 2. The van der Waals surface area contributed by atoms with E-state index < -0.39 is 0 Å². The lowest BCUT2D eigenvalue weighted by atomic mass is 10.2. The first kappa shape index (κ1) is 12.3. The van der Waals surface area contributed by atoms with Crippen molar-refractivity contribution in [2.75, 3.05) is 24.2 Å². The second-order valence-corrected chi connectivity index (χ2v) is 3.73. The third kappa shape index (κ3) is 3.14. The summed E-state index contributed by atoms with van der Waals surface area (Å²) in [6, 6.07) is 5.54. The highest BCUT2D eigenvalue weighted by atomic mass is 16.3. The topological polar surface area (TPSA) is 97.0 Å². The maximum atomic E-state index is 8.72. The van der Waals surface area contributed by atoms with Crippen LogP contribution in [0.3, 0.4) is 0 Å². The molecular weight excluding hydrogens is 230 g/mol. The summed E-state index contributed by atoms with van der Waals surface area (Å²) in [5, 5.41) is 11.8. The van der Waals surface area contributed by atoms with E-state index in [9.17, 15) is 0 Å². The van der Waals surface area contributed by atoms with E-state index >= 15 is 0 Å². The number of rotatable bonds is 5. The minimum absolute atomic E-state index is 0.162. The lowest BCUT2D eigenvalue weighted by Gasteiger charge is -2.06. The lowest BCUT2D eigenvalue weighted by Crippen LogP contribution is -2.05. The molecule has 0 aliphatic rings. The van der Waals surface area contributed by atoms with Crippen LogP contribution in [0.25, 0.3) is 11.3 Å². The molecule has 2 rings (SSSR count). The van der Waals surface area contributed by atoms with E-state index in [2.05, 4.69) is 20.3 Å². The number of nitrogens with one attached hydrogen (secondary N) is 1. The van der Waals surface area contributed by atoms with Crippen LogP contribution in [0.2, 0.25) is 0 Å². The van der Waals surface area contributed by atoms with Crippen LogP contribution in [0.1, 0.15) is 6.42 Å². The molecule has 94 valence electrons. The molecule has 6 heteroatoms. The summed E-state index contributed by atoms with van der Waals surface area (Å²) in [5.74, 6) is 0.997. The first-order valence-electron chi connectivity index (χ1n) is 5.69. The number of pyridine rings is 1. The van der Waals surface area contributed by atoms with Gasteiger partial charge in [0.25, 0.3) is 0 Å². The Morgan fingerprint density at radius 1 is 1.22 bits per heavy atom. The molecule has 0 aliphatic heterocycles. The summed E-state index contributed by atoms with van der Waals surface area (Å²) in [6.45, 7) is 0.841. The van der Waals surface area contributed by atoms with Crippen molar-refractivity contribution in [3.05, 3.63) is 30.6 Å². The van der Waals surface area contributed by atoms with Gasteiger partial charge in [0.15, 0.2) is 0 Å². The van der Waals surface area contributed by atoms with Crippen molar-refractivity contribution in [1.82, 2.24) is 15.0 Å². The van der Waals surface area contributed by atoms with E-state index in [1.165, 1.54) is 0 Å². The Kier molecular flexibility index (Phi) is 4.03. The van der Waals surface area contributed by atoms with E-state index in [0.717, 1.165) is 17.1 Å². The maximum absolute atomic E-state index is 8.72.